The van der Waals surface area contributed by atoms with Crippen LogP contribution in [0.4, 0.5) is 9.18 Å². The third kappa shape index (κ3) is 5.05. The molecule has 0 saturated carbocycles. The first-order valence-corrected chi connectivity index (χ1v) is 11.8. The summed E-state index contributed by atoms with van der Waals surface area (Å²) in [5.41, 5.74) is 4.12. The molecule has 0 aromatic heterocycles. The lowest BCUT2D eigenvalue weighted by Crippen LogP contribution is -2.47. The molecule has 180 valence electrons. The van der Waals surface area contributed by atoms with E-state index in [0.29, 0.717) is 25.2 Å². The molecule has 35 heavy (non-hydrogen) atoms. The van der Waals surface area contributed by atoms with Gasteiger partial charge in [0.1, 0.15) is 11.9 Å². The van der Waals surface area contributed by atoms with Crippen molar-refractivity contribution in [1.29, 1.82) is 0 Å². The lowest BCUT2D eigenvalue weighted by molar-refractivity contribution is 0.0662. The Morgan fingerprint density at radius 2 is 1.66 bits per heavy atom. The second kappa shape index (κ2) is 9.88. The first kappa shape index (κ1) is 23.1. The average molecular weight is 474 g/mol. The third-order valence-corrected chi connectivity index (χ3v) is 6.73. The van der Waals surface area contributed by atoms with Gasteiger partial charge in [0.25, 0.3) is 5.91 Å². The summed E-state index contributed by atoms with van der Waals surface area (Å²) in [6.45, 7) is 3.60. The Bertz CT molecular complexity index is 1210. The molecule has 2 fully saturated rings. The van der Waals surface area contributed by atoms with Crippen molar-refractivity contribution < 1.29 is 18.7 Å². The van der Waals surface area contributed by atoms with E-state index in [4.69, 9.17) is 4.74 Å². The molecule has 0 spiro atoms. The zero-order valence-corrected chi connectivity index (χ0v) is 19.7. The number of likely N-dealkylation sites (N-methyl/N-ethyl adjacent to an activating group) is 1. The summed E-state index contributed by atoms with van der Waals surface area (Å²) in [6, 6.07) is 21.8. The molecule has 3 aromatic rings. The van der Waals surface area contributed by atoms with Gasteiger partial charge in [-0.2, -0.15) is 0 Å². The predicted molar refractivity (Wildman–Crippen MR) is 131 cm³/mol. The number of amides is 2. The molecule has 5 rings (SSSR count). The van der Waals surface area contributed by atoms with E-state index in [1.165, 1.54) is 12.1 Å². The number of ether oxygens (including phenoxy) is 1. The number of rotatable bonds is 5. The van der Waals surface area contributed by atoms with Crippen LogP contribution < -0.4 is 0 Å². The van der Waals surface area contributed by atoms with Crippen molar-refractivity contribution in [3.8, 4) is 11.1 Å². The summed E-state index contributed by atoms with van der Waals surface area (Å²) >= 11 is 0. The van der Waals surface area contributed by atoms with Gasteiger partial charge in [0.2, 0.25) is 0 Å². The Kier molecular flexibility index (Phi) is 6.51. The van der Waals surface area contributed by atoms with Crippen LogP contribution in [-0.4, -0.2) is 66.5 Å². The van der Waals surface area contributed by atoms with E-state index >= 15 is 0 Å². The molecule has 2 heterocycles. The highest BCUT2D eigenvalue weighted by Crippen LogP contribution is 2.30. The van der Waals surface area contributed by atoms with Crippen LogP contribution in [-0.2, 0) is 11.3 Å². The highest BCUT2D eigenvalue weighted by Gasteiger charge is 2.33. The van der Waals surface area contributed by atoms with Crippen molar-refractivity contribution in [2.24, 2.45) is 0 Å². The van der Waals surface area contributed by atoms with E-state index in [-0.39, 0.29) is 18.3 Å². The van der Waals surface area contributed by atoms with Crippen molar-refractivity contribution in [2.75, 3.05) is 39.8 Å². The Hall–Kier alpha value is -3.71. The minimum Gasteiger partial charge on any atom is -0.439 e. The van der Waals surface area contributed by atoms with Gasteiger partial charge >= 0.3 is 6.09 Å². The van der Waals surface area contributed by atoms with Crippen LogP contribution in [0.15, 0.2) is 72.8 Å². The molecule has 7 heteroatoms. The SMILES string of the molecule is CN1CCN(C(=O)c2cc(-c3ccccc3)ccc2CN2CC(c3ccc(F)cc3)OC2=O)CC1. The van der Waals surface area contributed by atoms with Crippen LogP contribution >= 0.6 is 0 Å². The molecular weight excluding hydrogens is 445 g/mol. The van der Waals surface area contributed by atoms with E-state index in [0.717, 1.165) is 35.3 Å². The first-order chi connectivity index (χ1) is 17.0. The lowest BCUT2D eigenvalue weighted by atomic mass is 9.97. The number of carbonyl (C=O) groups excluding carboxylic acids is 2. The summed E-state index contributed by atoms with van der Waals surface area (Å²) in [5.74, 6) is -0.353. The van der Waals surface area contributed by atoms with Crippen molar-refractivity contribution >= 4 is 12.0 Å². The van der Waals surface area contributed by atoms with Gasteiger partial charge in [0, 0.05) is 38.3 Å². The number of halogens is 1. The molecule has 3 aromatic carbocycles. The minimum atomic E-state index is -0.469. The van der Waals surface area contributed by atoms with Crippen LogP contribution in [0.1, 0.15) is 27.6 Å². The number of benzene rings is 3. The monoisotopic (exact) mass is 473 g/mol. The second-order valence-corrected chi connectivity index (χ2v) is 9.14. The van der Waals surface area contributed by atoms with Crippen LogP contribution in [0.2, 0.25) is 0 Å². The molecule has 0 aliphatic carbocycles. The minimum absolute atomic E-state index is 0.0199. The molecule has 0 radical (unpaired) electrons. The van der Waals surface area contributed by atoms with Crippen LogP contribution in [0, 0.1) is 5.82 Å². The van der Waals surface area contributed by atoms with Crippen molar-refractivity contribution in [3.63, 3.8) is 0 Å². The predicted octanol–water partition coefficient (Wildman–Crippen LogP) is 4.57. The molecule has 2 aliphatic heterocycles. The van der Waals surface area contributed by atoms with Crippen molar-refractivity contribution in [2.45, 2.75) is 12.6 Å². The highest BCUT2D eigenvalue weighted by atomic mass is 19.1. The second-order valence-electron chi connectivity index (χ2n) is 9.14. The topological polar surface area (TPSA) is 53.1 Å². The molecule has 6 nitrogen and oxygen atoms in total. The van der Waals surface area contributed by atoms with Gasteiger partial charge in [-0.1, -0.05) is 54.6 Å². The quantitative estimate of drug-likeness (QED) is 0.545. The van der Waals surface area contributed by atoms with Gasteiger partial charge in [-0.05, 0) is 47.5 Å². The van der Waals surface area contributed by atoms with E-state index in [9.17, 15) is 14.0 Å². The average Bonchev–Trinajstić information content (AvgIpc) is 3.25. The molecule has 2 saturated heterocycles. The molecule has 0 bridgehead atoms. The van der Waals surface area contributed by atoms with Gasteiger partial charge in [-0.15, -0.1) is 0 Å². The Balaban J connectivity index is 1.42. The standard InChI is InChI=1S/C28H28FN3O3/c1-30-13-15-31(16-14-30)27(33)25-17-22(20-5-3-2-4-6-20)7-8-23(25)18-32-19-26(35-28(32)34)21-9-11-24(29)12-10-21/h2-12,17,26H,13-16,18-19H2,1H3. The number of carbonyl (C=O) groups is 2. The van der Waals surface area contributed by atoms with E-state index < -0.39 is 12.2 Å². The zero-order valence-electron chi connectivity index (χ0n) is 19.7. The maximum atomic E-state index is 13.6. The Morgan fingerprint density at radius 3 is 2.37 bits per heavy atom. The number of hydrogen-bond acceptors (Lipinski definition) is 4. The van der Waals surface area contributed by atoms with E-state index in [2.05, 4.69) is 11.9 Å². The number of nitrogens with zero attached hydrogens (tertiary/aromatic N) is 3. The maximum Gasteiger partial charge on any atom is 0.410 e. The van der Waals surface area contributed by atoms with Crippen LogP contribution in [0.3, 0.4) is 0 Å². The smallest absolute Gasteiger partial charge is 0.410 e. The van der Waals surface area contributed by atoms with Gasteiger partial charge in [0.05, 0.1) is 6.54 Å². The number of piperazine rings is 1. The summed E-state index contributed by atoms with van der Waals surface area (Å²) in [7, 11) is 2.06. The molecule has 2 aliphatic rings. The van der Waals surface area contributed by atoms with Crippen molar-refractivity contribution in [3.05, 3.63) is 95.3 Å². The normalized spacial score (nSPS) is 18.6. The van der Waals surface area contributed by atoms with Gasteiger partial charge < -0.3 is 14.5 Å². The summed E-state index contributed by atoms with van der Waals surface area (Å²) in [6.07, 6.45) is -0.909. The molecular formula is C28H28FN3O3. The molecule has 2 amide bonds. The third-order valence-electron chi connectivity index (χ3n) is 6.73. The number of hydrogen-bond donors (Lipinski definition) is 0. The highest BCUT2D eigenvalue weighted by molar-refractivity contribution is 5.97. The van der Waals surface area contributed by atoms with Crippen LogP contribution in [0.25, 0.3) is 11.1 Å². The fourth-order valence-corrected chi connectivity index (χ4v) is 4.60. The Labute approximate surface area is 204 Å². The Morgan fingerprint density at radius 1 is 0.943 bits per heavy atom. The van der Waals surface area contributed by atoms with Crippen LogP contribution in [0.5, 0.6) is 0 Å². The first-order valence-electron chi connectivity index (χ1n) is 11.8. The van der Waals surface area contributed by atoms with Gasteiger partial charge in [0.15, 0.2) is 0 Å². The molecule has 0 N–H and O–H groups in total. The largest absolute Gasteiger partial charge is 0.439 e. The van der Waals surface area contributed by atoms with Gasteiger partial charge in [-0.25, -0.2) is 9.18 Å². The van der Waals surface area contributed by atoms with Gasteiger partial charge in [-0.3, -0.25) is 9.69 Å². The number of cyclic esters (lactones) is 1. The molecule has 1 unspecified atom stereocenters. The lowest BCUT2D eigenvalue weighted by Gasteiger charge is -2.33. The van der Waals surface area contributed by atoms with Crippen molar-refractivity contribution in [1.82, 2.24) is 14.7 Å². The zero-order chi connectivity index (χ0) is 24.4. The fourth-order valence-electron chi connectivity index (χ4n) is 4.60. The summed E-state index contributed by atoms with van der Waals surface area (Å²) in [4.78, 5) is 32.0. The summed E-state index contributed by atoms with van der Waals surface area (Å²) < 4.78 is 18.9. The summed E-state index contributed by atoms with van der Waals surface area (Å²) in [5, 5.41) is 0. The van der Waals surface area contributed by atoms with E-state index in [1.54, 1.807) is 17.0 Å². The fraction of sp³-hybridized carbons (Fsp3) is 0.286. The molecule has 1 atom stereocenters. The van der Waals surface area contributed by atoms with E-state index in [1.807, 2.05) is 53.4 Å². The maximum absolute atomic E-state index is 13.6.